The molecule has 6 nitrogen and oxygen atoms in total. The summed E-state index contributed by atoms with van der Waals surface area (Å²) in [5.41, 5.74) is 0.182. The van der Waals surface area contributed by atoms with Gasteiger partial charge in [0.1, 0.15) is 11.4 Å². The smallest absolute Gasteiger partial charge is 0.407 e. The standard InChI is InChI=1S/C19H27FN2O4/c1-5-25-17(23)13-6-7-14(16(20)10-13)11-22-9-8-15(12-22)21-18(24)26-19(2,3)4/h6-7,10,15H,5,8-9,11-12H2,1-4H3,(H,21,24)/t15-/m1/s1. The number of carbonyl (C=O) groups excluding carboxylic acids is 2. The van der Waals surface area contributed by atoms with Gasteiger partial charge in [0.05, 0.1) is 12.2 Å². The van der Waals surface area contributed by atoms with E-state index in [4.69, 9.17) is 9.47 Å². The fraction of sp³-hybridized carbons (Fsp3) is 0.579. The van der Waals surface area contributed by atoms with Crippen molar-refractivity contribution in [2.75, 3.05) is 19.7 Å². The van der Waals surface area contributed by atoms with Crippen molar-refractivity contribution in [3.8, 4) is 0 Å². The van der Waals surface area contributed by atoms with Gasteiger partial charge >= 0.3 is 12.1 Å². The van der Waals surface area contributed by atoms with E-state index in [1.807, 2.05) is 20.8 Å². The first-order valence-electron chi connectivity index (χ1n) is 8.85. The highest BCUT2D eigenvalue weighted by Gasteiger charge is 2.26. The molecule has 1 N–H and O–H groups in total. The van der Waals surface area contributed by atoms with Gasteiger partial charge in [0, 0.05) is 31.2 Å². The number of likely N-dealkylation sites (tertiary alicyclic amines) is 1. The van der Waals surface area contributed by atoms with Gasteiger partial charge in [0.15, 0.2) is 0 Å². The van der Waals surface area contributed by atoms with Crippen LogP contribution in [-0.4, -0.2) is 48.3 Å². The zero-order chi connectivity index (χ0) is 19.3. The van der Waals surface area contributed by atoms with Crippen molar-refractivity contribution in [2.24, 2.45) is 0 Å². The summed E-state index contributed by atoms with van der Waals surface area (Å²) in [6.07, 6.45) is 0.344. The topological polar surface area (TPSA) is 67.9 Å². The Bertz CT molecular complexity index is 657. The molecule has 0 unspecified atom stereocenters. The van der Waals surface area contributed by atoms with Gasteiger partial charge < -0.3 is 14.8 Å². The van der Waals surface area contributed by atoms with Crippen molar-refractivity contribution < 1.29 is 23.5 Å². The Hall–Kier alpha value is -2.15. The quantitative estimate of drug-likeness (QED) is 0.811. The van der Waals surface area contributed by atoms with Crippen LogP contribution in [0.3, 0.4) is 0 Å². The molecule has 144 valence electrons. The van der Waals surface area contributed by atoms with E-state index in [2.05, 4.69) is 10.2 Å². The maximum absolute atomic E-state index is 14.3. The summed E-state index contributed by atoms with van der Waals surface area (Å²) in [5.74, 6) is -0.958. The molecular formula is C19H27FN2O4. The summed E-state index contributed by atoms with van der Waals surface area (Å²) in [5, 5.41) is 2.85. The molecule has 1 atom stereocenters. The van der Waals surface area contributed by atoms with Crippen LogP contribution in [0.25, 0.3) is 0 Å². The third-order valence-electron chi connectivity index (χ3n) is 3.95. The van der Waals surface area contributed by atoms with Crippen LogP contribution in [0, 0.1) is 5.82 Å². The lowest BCUT2D eigenvalue weighted by molar-refractivity contribution is 0.0501. The van der Waals surface area contributed by atoms with Gasteiger partial charge in [-0.05, 0) is 46.2 Å². The van der Waals surface area contributed by atoms with Gasteiger partial charge in [-0.1, -0.05) is 6.07 Å². The number of esters is 1. The molecule has 0 radical (unpaired) electrons. The van der Waals surface area contributed by atoms with Gasteiger partial charge in [-0.3, -0.25) is 4.90 Å². The molecule has 0 spiro atoms. The normalized spacial score (nSPS) is 17.8. The predicted octanol–water partition coefficient (Wildman–Crippen LogP) is 3.10. The van der Waals surface area contributed by atoms with E-state index in [1.54, 1.807) is 19.1 Å². The number of ether oxygens (including phenoxy) is 2. The zero-order valence-electron chi connectivity index (χ0n) is 15.8. The van der Waals surface area contributed by atoms with Crippen molar-refractivity contribution in [3.05, 3.63) is 35.1 Å². The van der Waals surface area contributed by atoms with Gasteiger partial charge in [-0.25, -0.2) is 14.0 Å². The second-order valence-corrected chi connectivity index (χ2v) is 7.39. The summed E-state index contributed by atoms with van der Waals surface area (Å²) < 4.78 is 24.4. The summed E-state index contributed by atoms with van der Waals surface area (Å²) in [6.45, 7) is 9.20. The van der Waals surface area contributed by atoms with Crippen LogP contribution >= 0.6 is 0 Å². The van der Waals surface area contributed by atoms with Gasteiger partial charge in [0.2, 0.25) is 0 Å². The molecule has 1 saturated heterocycles. The monoisotopic (exact) mass is 366 g/mol. The second kappa shape index (κ2) is 8.49. The van der Waals surface area contributed by atoms with E-state index in [0.717, 1.165) is 13.0 Å². The van der Waals surface area contributed by atoms with E-state index >= 15 is 0 Å². The summed E-state index contributed by atoms with van der Waals surface area (Å²) >= 11 is 0. The van der Waals surface area contributed by atoms with Crippen LogP contribution in [0.5, 0.6) is 0 Å². The molecule has 1 heterocycles. The zero-order valence-corrected chi connectivity index (χ0v) is 15.8. The Morgan fingerprint density at radius 2 is 2.08 bits per heavy atom. The third kappa shape index (κ3) is 5.98. The van der Waals surface area contributed by atoms with Crippen LogP contribution in [0.2, 0.25) is 0 Å². The van der Waals surface area contributed by atoms with Gasteiger partial charge in [0.25, 0.3) is 0 Å². The SMILES string of the molecule is CCOC(=O)c1ccc(CN2CC[C@@H](NC(=O)OC(C)(C)C)C2)c(F)c1. The van der Waals surface area contributed by atoms with Crippen molar-refractivity contribution in [3.63, 3.8) is 0 Å². The lowest BCUT2D eigenvalue weighted by Crippen LogP contribution is -2.40. The third-order valence-corrected chi connectivity index (χ3v) is 3.95. The van der Waals surface area contributed by atoms with E-state index in [0.29, 0.717) is 18.7 Å². The Kier molecular flexibility index (Phi) is 6.58. The average Bonchev–Trinajstić information content (AvgIpc) is 2.94. The van der Waals surface area contributed by atoms with Crippen molar-refractivity contribution in [2.45, 2.75) is 52.3 Å². The van der Waals surface area contributed by atoms with E-state index in [9.17, 15) is 14.0 Å². The first-order chi connectivity index (χ1) is 12.2. The Morgan fingerprint density at radius 3 is 2.69 bits per heavy atom. The lowest BCUT2D eigenvalue weighted by atomic mass is 10.1. The fourth-order valence-electron chi connectivity index (χ4n) is 2.83. The van der Waals surface area contributed by atoms with Gasteiger partial charge in [-0.2, -0.15) is 0 Å². The van der Waals surface area contributed by atoms with E-state index in [-0.39, 0.29) is 18.2 Å². The number of nitrogens with zero attached hydrogens (tertiary/aromatic N) is 1. The molecule has 1 aromatic rings. The largest absolute Gasteiger partial charge is 0.462 e. The number of alkyl carbamates (subject to hydrolysis) is 1. The first-order valence-corrected chi connectivity index (χ1v) is 8.85. The molecule has 0 aliphatic carbocycles. The number of halogens is 1. The molecule has 0 bridgehead atoms. The van der Waals surface area contributed by atoms with Crippen LogP contribution in [0.15, 0.2) is 18.2 Å². The Morgan fingerprint density at radius 1 is 1.35 bits per heavy atom. The summed E-state index contributed by atoms with van der Waals surface area (Å²) in [7, 11) is 0. The van der Waals surface area contributed by atoms with Crippen LogP contribution in [0.4, 0.5) is 9.18 Å². The molecule has 1 aliphatic heterocycles. The molecule has 0 saturated carbocycles. The molecule has 2 rings (SSSR count). The summed E-state index contributed by atoms with van der Waals surface area (Å²) in [6, 6.07) is 4.37. The number of carbonyl (C=O) groups is 2. The fourth-order valence-corrected chi connectivity index (χ4v) is 2.83. The minimum Gasteiger partial charge on any atom is -0.462 e. The number of amides is 1. The van der Waals surface area contributed by atoms with Crippen LogP contribution < -0.4 is 5.32 Å². The molecule has 0 aromatic heterocycles. The minimum absolute atomic E-state index is 0.0216. The molecule has 1 aliphatic rings. The van der Waals surface area contributed by atoms with Crippen molar-refractivity contribution >= 4 is 12.1 Å². The molecule has 1 aromatic carbocycles. The predicted molar refractivity (Wildman–Crippen MR) is 95.4 cm³/mol. The molecule has 26 heavy (non-hydrogen) atoms. The van der Waals surface area contributed by atoms with Crippen LogP contribution in [0.1, 0.15) is 50.0 Å². The lowest BCUT2D eigenvalue weighted by Gasteiger charge is -2.22. The minimum atomic E-state index is -0.536. The number of benzene rings is 1. The van der Waals surface area contributed by atoms with Crippen molar-refractivity contribution in [1.82, 2.24) is 10.2 Å². The molecule has 1 fully saturated rings. The first kappa shape index (κ1) is 20.2. The number of nitrogens with one attached hydrogen (secondary N) is 1. The molecule has 1 amide bonds. The average molecular weight is 366 g/mol. The number of hydrogen-bond acceptors (Lipinski definition) is 5. The highest BCUT2D eigenvalue weighted by Crippen LogP contribution is 2.18. The van der Waals surface area contributed by atoms with E-state index in [1.165, 1.54) is 6.07 Å². The highest BCUT2D eigenvalue weighted by molar-refractivity contribution is 5.89. The number of hydrogen-bond donors (Lipinski definition) is 1. The Labute approximate surface area is 153 Å². The number of rotatable bonds is 5. The molecule has 7 heteroatoms. The van der Waals surface area contributed by atoms with Crippen LogP contribution in [-0.2, 0) is 16.0 Å². The Balaban J connectivity index is 1.88. The van der Waals surface area contributed by atoms with Gasteiger partial charge in [-0.15, -0.1) is 0 Å². The maximum atomic E-state index is 14.3. The maximum Gasteiger partial charge on any atom is 0.407 e. The summed E-state index contributed by atoms with van der Waals surface area (Å²) in [4.78, 5) is 25.5. The highest BCUT2D eigenvalue weighted by atomic mass is 19.1. The second-order valence-electron chi connectivity index (χ2n) is 7.39. The van der Waals surface area contributed by atoms with E-state index < -0.39 is 23.5 Å². The van der Waals surface area contributed by atoms with Crippen molar-refractivity contribution in [1.29, 1.82) is 0 Å². The molecular weight excluding hydrogens is 339 g/mol.